The van der Waals surface area contributed by atoms with Gasteiger partial charge >= 0.3 is 5.97 Å². The molecule has 0 saturated carbocycles. The van der Waals surface area contributed by atoms with Gasteiger partial charge in [-0.1, -0.05) is 15.9 Å². The molecule has 0 aliphatic rings. The highest BCUT2D eigenvalue weighted by Crippen LogP contribution is 2.30. The number of benzene rings is 2. The highest BCUT2D eigenvalue weighted by Gasteiger charge is 2.08. The van der Waals surface area contributed by atoms with Gasteiger partial charge in [0.05, 0.1) is 11.3 Å². The number of carboxylic acid groups (broad SMARTS) is 1. The monoisotopic (exact) mass is 321 g/mol. The predicted molar refractivity (Wildman–Crippen MR) is 76.8 cm³/mol. The molecule has 0 fully saturated rings. The molecule has 0 amide bonds. The minimum atomic E-state index is -1.02. The Kier molecular flexibility index (Phi) is 3.76. The SMILES string of the molecule is Cc1cc(Oc2ccc(C(=O)O)cc2N)ccc1Br. The maximum Gasteiger partial charge on any atom is 0.335 e. The highest BCUT2D eigenvalue weighted by atomic mass is 79.9. The summed E-state index contributed by atoms with van der Waals surface area (Å²) in [5, 5.41) is 8.86. The second kappa shape index (κ2) is 5.32. The first-order chi connectivity index (χ1) is 8.97. The van der Waals surface area contributed by atoms with E-state index in [9.17, 15) is 4.79 Å². The Balaban J connectivity index is 2.28. The first-order valence-corrected chi connectivity index (χ1v) is 6.33. The molecule has 3 N–H and O–H groups in total. The minimum absolute atomic E-state index is 0.136. The maximum atomic E-state index is 10.8. The number of halogens is 1. The quantitative estimate of drug-likeness (QED) is 0.843. The number of hydrogen-bond donors (Lipinski definition) is 2. The van der Waals surface area contributed by atoms with E-state index in [2.05, 4.69) is 15.9 Å². The van der Waals surface area contributed by atoms with Crippen molar-refractivity contribution in [3.05, 3.63) is 52.0 Å². The number of nitrogens with two attached hydrogens (primary N) is 1. The van der Waals surface area contributed by atoms with E-state index in [0.29, 0.717) is 17.2 Å². The Hall–Kier alpha value is -2.01. The lowest BCUT2D eigenvalue weighted by Crippen LogP contribution is -1.99. The van der Waals surface area contributed by atoms with Crippen LogP contribution in [0.3, 0.4) is 0 Å². The summed E-state index contributed by atoms with van der Waals surface area (Å²) in [6.45, 7) is 1.95. The molecule has 19 heavy (non-hydrogen) atoms. The van der Waals surface area contributed by atoms with Gasteiger partial charge in [-0.2, -0.15) is 0 Å². The number of hydrogen-bond acceptors (Lipinski definition) is 3. The Bertz CT molecular complexity index is 641. The van der Waals surface area contributed by atoms with Crippen molar-refractivity contribution in [2.24, 2.45) is 0 Å². The molecule has 0 aromatic heterocycles. The molecule has 0 unspecified atom stereocenters. The van der Waals surface area contributed by atoms with Gasteiger partial charge in [-0.15, -0.1) is 0 Å². The number of aryl methyl sites for hydroxylation is 1. The summed E-state index contributed by atoms with van der Waals surface area (Å²) in [7, 11) is 0. The van der Waals surface area contributed by atoms with E-state index in [-0.39, 0.29) is 5.56 Å². The van der Waals surface area contributed by atoms with Crippen molar-refractivity contribution in [2.45, 2.75) is 6.92 Å². The van der Waals surface area contributed by atoms with Gasteiger partial charge in [0.2, 0.25) is 0 Å². The van der Waals surface area contributed by atoms with Gasteiger partial charge in [0, 0.05) is 4.47 Å². The topological polar surface area (TPSA) is 72.5 Å². The Morgan fingerprint density at radius 2 is 2.00 bits per heavy atom. The largest absolute Gasteiger partial charge is 0.478 e. The summed E-state index contributed by atoms with van der Waals surface area (Å²) in [4.78, 5) is 10.8. The number of ether oxygens (including phenoxy) is 1. The number of carbonyl (C=O) groups is 1. The third-order valence-corrected chi connectivity index (χ3v) is 3.50. The fourth-order valence-electron chi connectivity index (χ4n) is 1.58. The van der Waals surface area contributed by atoms with Gasteiger partial charge in [0.15, 0.2) is 0 Å². The lowest BCUT2D eigenvalue weighted by Gasteiger charge is -2.10. The molecule has 98 valence electrons. The van der Waals surface area contributed by atoms with Crippen LogP contribution in [0.1, 0.15) is 15.9 Å². The van der Waals surface area contributed by atoms with Crippen molar-refractivity contribution in [1.29, 1.82) is 0 Å². The zero-order chi connectivity index (χ0) is 14.0. The molecule has 0 atom stereocenters. The number of carboxylic acids is 1. The molecule has 2 aromatic carbocycles. The smallest absolute Gasteiger partial charge is 0.335 e. The number of anilines is 1. The van der Waals surface area contributed by atoms with Crippen LogP contribution in [-0.2, 0) is 0 Å². The lowest BCUT2D eigenvalue weighted by molar-refractivity contribution is 0.0697. The van der Waals surface area contributed by atoms with Gasteiger partial charge in [0.1, 0.15) is 11.5 Å². The van der Waals surface area contributed by atoms with Crippen molar-refractivity contribution in [2.75, 3.05) is 5.73 Å². The number of rotatable bonds is 3. The average Bonchev–Trinajstić information content (AvgIpc) is 2.36. The van der Waals surface area contributed by atoms with E-state index in [0.717, 1.165) is 10.0 Å². The van der Waals surface area contributed by atoms with Crippen LogP contribution in [0.4, 0.5) is 5.69 Å². The van der Waals surface area contributed by atoms with Crippen LogP contribution in [0.2, 0.25) is 0 Å². The van der Waals surface area contributed by atoms with E-state index in [1.165, 1.54) is 12.1 Å². The molecular weight excluding hydrogens is 310 g/mol. The van der Waals surface area contributed by atoms with Gasteiger partial charge in [-0.25, -0.2) is 4.79 Å². The third kappa shape index (κ3) is 3.06. The normalized spacial score (nSPS) is 10.2. The van der Waals surface area contributed by atoms with Crippen molar-refractivity contribution in [1.82, 2.24) is 0 Å². The van der Waals surface area contributed by atoms with Crippen LogP contribution >= 0.6 is 15.9 Å². The van der Waals surface area contributed by atoms with Gasteiger partial charge in [0.25, 0.3) is 0 Å². The molecule has 4 nitrogen and oxygen atoms in total. The maximum absolute atomic E-state index is 10.8. The summed E-state index contributed by atoms with van der Waals surface area (Å²) >= 11 is 3.41. The fourth-order valence-corrected chi connectivity index (χ4v) is 1.83. The zero-order valence-electron chi connectivity index (χ0n) is 10.2. The molecule has 2 aromatic rings. The van der Waals surface area contributed by atoms with E-state index in [1.807, 2.05) is 25.1 Å². The van der Waals surface area contributed by atoms with Gasteiger partial charge < -0.3 is 15.6 Å². The molecule has 0 aliphatic carbocycles. The van der Waals surface area contributed by atoms with E-state index < -0.39 is 5.97 Å². The van der Waals surface area contributed by atoms with Gasteiger partial charge in [-0.3, -0.25) is 0 Å². The second-order valence-corrected chi connectivity index (χ2v) is 4.93. The molecule has 0 heterocycles. The first kappa shape index (κ1) is 13.4. The first-order valence-electron chi connectivity index (χ1n) is 5.54. The second-order valence-electron chi connectivity index (χ2n) is 4.07. The molecule has 0 radical (unpaired) electrons. The average molecular weight is 322 g/mol. The molecule has 0 saturated heterocycles. The molecule has 0 bridgehead atoms. The fraction of sp³-hybridized carbons (Fsp3) is 0.0714. The Labute approximate surface area is 118 Å². The summed E-state index contributed by atoms with van der Waals surface area (Å²) in [6, 6.07) is 9.95. The zero-order valence-corrected chi connectivity index (χ0v) is 11.8. The van der Waals surface area contributed by atoms with Crippen LogP contribution in [0, 0.1) is 6.92 Å². The van der Waals surface area contributed by atoms with Crippen LogP contribution in [0.15, 0.2) is 40.9 Å². The number of nitrogen functional groups attached to an aromatic ring is 1. The molecular formula is C14H12BrNO3. The lowest BCUT2D eigenvalue weighted by atomic mass is 10.2. The highest BCUT2D eigenvalue weighted by molar-refractivity contribution is 9.10. The van der Waals surface area contributed by atoms with Crippen LogP contribution in [-0.4, -0.2) is 11.1 Å². The summed E-state index contributed by atoms with van der Waals surface area (Å²) in [5.74, 6) is 0.0694. The molecule has 0 aliphatic heterocycles. The third-order valence-electron chi connectivity index (χ3n) is 2.61. The summed E-state index contributed by atoms with van der Waals surface area (Å²) in [5.41, 5.74) is 7.25. The van der Waals surface area contributed by atoms with E-state index in [1.54, 1.807) is 6.07 Å². The summed E-state index contributed by atoms with van der Waals surface area (Å²) < 4.78 is 6.64. The van der Waals surface area contributed by atoms with Crippen molar-refractivity contribution >= 4 is 27.6 Å². The molecule has 5 heteroatoms. The van der Waals surface area contributed by atoms with Crippen molar-refractivity contribution in [3.63, 3.8) is 0 Å². The summed E-state index contributed by atoms with van der Waals surface area (Å²) in [6.07, 6.45) is 0. The van der Waals surface area contributed by atoms with Crippen molar-refractivity contribution in [3.8, 4) is 11.5 Å². The van der Waals surface area contributed by atoms with Crippen LogP contribution < -0.4 is 10.5 Å². The number of aromatic carboxylic acids is 1. The van der Waals surface area contributed by atoms with Crippen LogP contribution in [0.5, 0.6) is 11.5 Å². The molecule has 0 spiro atoms. The standard InChI is InChI=1S/C14H12BrNO3/c1-8-6-10(3-4-11(8)15)19-13-5-2-9(14(17)18)7-12(13)16/h2-7H,16H2,1H3,(H,17,18). The van der Waals surface area contributed by atoms with E-state index >= 15 is 0 Å². The van der Waals surface area contributed by atoms with Crippen molar-refractivity contribution < 1.29 is 14.6 Å². The van der Waals surface area contributed by atoms with Gasteiger partial charge in [-0.05, 0) is 48.9 Å². The predicted octanol–water partition coefficient (Wildman–Crippen LogP) is 3.83. The minimum Gasteiger partial charge on any atom is -0.478 e. The van der Waals surface area contributed by atoms with E-state index in [4.69, 9.17) is 15.6 Å². The molecule has 2 rings (SSSR count). The Morgan fingerprint density at radius 1 is 1.26 bits per heavy atom. The Morgan fingerprint density at radius 3 is 2.58 bits per heavy atom. The van der Waals surface area contributed by atoms with Crippen LogP contribution in [0.25, 0.3) is 0 Å².